The Bertz CT molecular complexity index is 1110. The summed E-state index contributed by atoms with van der Waals surface area (Å²) >= 11 is 0. The third-order valence-corrected chi connectivity index (χ3v) is 6.46. The zero-order valence-corrected chi connectivity index (χ0v) is 22.0. The zero-order chi connectivity index (χ0) is 27.1. The Balaban J connectivity index is 1.95. The first-order chi connectivity index (χ1) is 17.7. The molecule has 0 saturated carbocycles. The summed E-state index contributed by atoms with van der Waals surface area (Å²) in [6, 6.07) is 10.4. The van der Waals surface area contributed by atoms with Gasteiger partial charge < -0.3 is 20.1 Å². The molecule has 2 aromatic rings. The number of hydrogen-bond acceptors (Lipinski definition) is 7. The average molecular weight is 513 g/mol. The number of phenolic OH excluding ortho intramolecular Hbond substituents is 1. The lowest BCUT2D eigenvalue weighted by molar-refractivity contribution is -0.115. The van der Waals surface area contributed by atoms with E-state index in [-0.39, 0.29) is 29.6 Å². The minimum Gasteiger partial charge on any atom is -0.507 e. The number of amides is 1. The first-order valence-electron chi connectivity index (χ1n) is 12.4. The Labute approximate surface area is 217 Å². The van der Waals surface area contributed by atoms with Gasteiger partial charge >= 0.3 is 0 Å². The van der Waals surface area contributed by atoms with Crippen LogP contribution in [0, 0.1) is 10.8 Å². The smallest absolute Gasteiger partial charge is 0.287 e. The first-order valence-corrected chi connectivity index (χ1v) is 12.4. The second kappa shape index (κ2) is 12.6. The Morgan fingerprint density at radius 2 is 1.81 bits per heavy atom. The highest BCUT2D eigenvalue weighted by atomic mass is 19.1. The van der Waals surface area contributed by atoms with E-state index in [0.29, 0.717) is 11.4 Å². The summed E-state index contributed by atoms with van der Waals surface area (Å²) in [6.07, 6.45) is 0. The van der Waals surface area contributed by atoms with Crippen LogP contribution in [0.15, 0.2) is 36.4 Å². The maximum absolute atomic E-state index is 12.7. The van der Waals surface area contributed by atoms with Crippen molar-refractivity contribution in [1.29, 1.82) is 10.8 Å². The number of carbonyl (C=O) groups excluding carboxylic acids is 1. The number of carbonyl (C=O) groups is 1. The van der Waals surface area contributed by atoms with Crippen molar-refractivity contribution in [3.63, 3.8) is 0 Å². The largest absolute Gasteiger partial charge is 0.507 e. The van der Waals surface area contributed by atoms with Crippen molar-refractivity contribution in [1.82, 2.24) is 15.1 Å². The Morgan fingerprint density at radius 3 is 2.38 bits per heavy atom. The van der Waals surface area contributed by atoms with Gasteiger partial charge in [0.15, 0.2) is 5.84 Å². The number of aromatic hydroxyl groups is 1. The molecule has 0 bridgehead atoms. The van der Waals surface area contributed by atoms with E-state index in [4.69, 9.17) is 15.6 Å². The number of hydrogen-bond donors (Lipinski definition) is 4. The number of methoxy groups -OCH3 is 1. The van der Waals surface area contributed by atoms with Gasteiger partial charge in [0.1, 0.15) is 24.0 Å². The van der Waals surface area contributed by atoms with E-state index in [1.54, 1.807) is 18.2 Å². The van der Waals surface area contributed by atoms with Crippen molar-refractivity contribution < 1.29 is 19.0 Å². The standard InChI is InChI=1S/C27H37FN6O3/c1-18(2)21-15-22(23(35)16-24(21)37-4)25(29)34(26(30)27(36)31-10-9-28)20-7-5-19(6-8-20)17-33-13-11-32(3)12-14-33/h5-8,15-16,18,29-30,35H,9-14,17H2,1-4H3,(H,31,36). The van der Waals surface area contributed by atoms with Crippen LogP contribution >= 0.6 is 0 Å². The highest BCUT2D eigenvalue weighted by molar-refractivity contribution is 6.48. The van der Waals surface area contributed by atoms with Gasteiger partial charge in [-0.2, -0.15) is 0 Å². The summed E-state index contributed by atoms with van der Waals surface area (Å²) in [5.41, 5.74) is 2.40. The number of ether oxygens (including phenoxy) is 1. The molecule has 0 atom stereocenters. The lowest BCUT2D eigenvalue weighted by Crippen LogP contribution is -2.46. The molecule has 1 aliphatic heterocycles. The van der Waals surface area contributed by atoms with Crippen molar-refractivity contribution in [2.24, 2.45) is 0 Å². The molecule has 0 aromatic heterocycles. The van der Waals surface area contributed by atoms with Gasteiger partial charge in [0.2, 0.25) is 0 Å². The number of anilines is 1. The lowest BCUT2D eigenvalue weighted by Gasteiger charge is -2.32. The van der Waals surface area contributed by atoms with Crippen molar-refractivity contribution in [3.8, 4) is 11.5 Å². The number of amidine groups is 2. The predicted octanol–water partition coefficient (Wildman–Crippen LogP) is 3.17. The van der Waals surface area contributed by atoms with E-state index in [1.165, 1.54) is 13.2 Å². The van der Waals surface area contributed by atoms with E-state index >= 15 is 0 Å². The predicted molar refractivity (Wildman–Crippen MR) is 144 cm³/mol. The number of likely N-dealkylation sites (N-methyl/N-ethyl adjacent to an activating group) is 1. The Kier molecular flexibility index (Phi) is 9.60. The van der Waals surface area contributed by atoms with Crippen LogP contribution in [0.5, 0.6) is 11.5 Å². The van der Waals surface area contributed by atoms with Crippen LogP contribution in [-0.4, -0.2) is 86.0 Å². The fourth-order valence-electron chi connectivity index (χ4n) is 4.25. The van der Waals surface area contributed by atoms with Crippen molar-refractivity contribution in [2.75, 3.05) is 58.5 Å². The summed E-state index contributed by atoms with van der Waals surface area (Å²) in [7, 11) is 3.62. The number of nitrogens with one attached hydrogen (secondary N) is 3. The molecule has 2 aromatic carbocycles. The maximum atomic E-state index is 12.7. The van der Waals surface area contributed by atoms with Crippen LogP contribution in [-0.2, 0) is 11.3 Å². The van der Waals surface area contributed by atoms with Gasteiger partial charge in [0.25, 0.3) is 5.91 Å². The van der Waals surface area contributed by atoms with Crippen LogP contribution in [0.25, 0.3) is 0 Å². The van der Waals surface area contributed by atoms with Gasteiger partial charge in [-0.1, -0.05) is 26.0 Å². The molecule has 0 unspecified atom stereocenters. The van der Waals surface area contributed by atoms with Crippen molar-refractivity contribution >= 4 is 23.3 Å². The van der Waals surface area contributed by atoms with Gasteiger partial charge in [0.05, 0.1) is 12.7 Å². The molecule has 1 fully saturated rings. The molecule has 1 saturated heterocycles. The molecular formula is C27H37FN6O3. The molecule has 4 N–H and O–H groups in total. The van der Waals surface area contributed by atoms with Gasteiger partial charge in [-0.3, -0.25) is 25.4 Å². The zero-order valence-electron chi connectivity index (χ0n) is 22.0. The van der Waals surface area contributed by atoms with Gasteiger partial charge in [0, 0.05) is 51.0 Å². The molecule has 1 heterocycles. The van der Waals surface area contributed by atoms with E-state index < -0.39 is 18.4 Å². The molecule has 200 valence electrons. The quantitative estimate of drug-likeness (QED) is 0.319. The number of nitrogens with zero attached hydrogens (tertiary/aromatic N) is 3. The van der Waals surface area contributed by atoms with Crippen LogP contribution in [0.3, 0.4) is 0 Å². The molecule has 0 radical (unpaired) electrons. The SMILES string of the molecule is COc1cc(O)c(C(=N)N(C(=N)C(=O)NCCF)c2ccc(CN3CCN(C)CC3)cc2)cc1C(C)C. The van der Waals surface area contributed by atoms with Gasteiger partial charge in [-0.05, 0) is 42.3 Å². The number of rotatable bonds is 8. The Hall–Kier alpha value is -3.50. The highest BCUT2D eigenvalue weighted by Gasteiger charge is 2.27. The van der Waals surface area contributed by atoms with Crippen LogP contribution in [0.1, 0.15) is 36.5 Å². The summed E-state index contributed by atoms with van der Waals surface area (Å²) in [5, 5.41) is 30.5. The molecule has 9 nitrogen and oxygen atoms in total. The van der Waals surface area contributed by atoms with E-state index in [2.05, 4.69) is 22.2 Å². The maximum Gasteiger partial charge on any atom is 0.287 e. The highest BCUT2D eigenvalue weighted by Crippen LogP contribution is 2.34. The summed E-state index contributed by atoms with van der Waals surface area (Å²) in [4.78, 5) is 18.4. The number of alkyl halides is 1. The minimum atomic E-state index is -0.819. The average Bonchev–Trinajstić information content (AvgIpc) is 2.89. The molecule has 1 aliphatic rings. The van der Waals surface area contributed by atoms with Crippen LogP contribution < -0.4 is 15.0 Å². The monoisotopic (exact) mass is 512 g/mol. The number of benzene rings is 2. The normalized spacial score (nSPS) is 14.4. The molecular weight excluding hydrogens is 475 g/mol. The Morgan fingerprint density at radius 1 is 1.16 bits per heavy atom. The topological polar surface area (TPSA) is 116 Å². The molecule has 1 amide bonds. The van der Waals surface area contributed by atoms with Crippen LogP contribution in [0.4, 0.5) is 10.1 Å². The molecule has 10 heteroatoms. The second-order valence-electron chi connectivity index (χ2n) is 9.49. The molecule has 37 heavy (non-hydrogen) atoms. The molecule has 0 aliphatic carbocycles. The third kappa shape index (κ3) is 6.84. The van der Waals surface area contributed by atoms with Crippen molar-refractivity contribution in [2.45, 2.75) is 26.3 Å². The van der Waals surface area contributed by atoms with Gasteiger partial charge in [-0.25, -0.2) is 4.39 Å². The first kappa shape index (κ1) is 28.1. The summed E-state index contributed by atoms with van der Waals surface area (Å²) < 4.78 is 18.1. The summed E-state index contributed by atoms with van der Waals surface area (Å²) in [6.45, 7) is 7.67. The van der Waals surface area contributed by atoms with Crippen LogP contribution in [0.2, 0.25) is 0 Å². The van der Waals surface area contributed by atoms with Crippen molar-refractivity contribution in [3.05, 3.63) is 53.1 Å². The van der Waals surface area contributed by atoms with E-state index in [1.807, 2.05) is 26.0 Å². The molecule has 0 spiro atoms. The van der Waals surface area contributed by atoms with E-state index in [0.717, 1.165) is 48.8 Å². The fraction of sp³-hybridized carbons (Fsp3) is 0.444. The number of piperazine rings is 1. The number of halogens is 1. The summed E-state index contributed by atoms with van der Waals surface area (Å²) in [5.74, 6) is -1.31. The number of phenols is 1. The fourth-order valence-corrected chi connectivity index (χ4v) is 4.25. The second-order valence-corrected chi connectivity index (χ2v) is 9.49. The third-order valence-electron chi connectivity index (χ3n) is 6.46. The minimum absolute atomic E-state index is 0.0386. The lowest BCUT2D eigenvalue weighted by atomic mass is 9.97. The van der Waals surface area contributed by atoms with E-state index in [9.17, 15) is 14.3 Å². The molecule has 3 rings (SSSR count). The van der Waals surface area contributed by atoms with Gasteiger partial charge in [-0.15, -0.1) is 0 Å².